The number of benzene rings is 2. The Balaban J connectivity index is 1.56. The zero-order valence-electron chi connectivity index (χ0n) is 12.0. The summed E-state index contributed by atoms with van der Waals surface area (Å²) in [6.07, 6.45) is 2.32. The first-order chi connectivity index (χ1) is 10.1. The topological polar surface area (TPSA) is 12.0 Å². The van der Waals surface area contributed by atoms with Crippen LogP contribution in [0.5, 0.6) is 0 Å². The molecular weight excluding hydrogens is 301 g/mol. The Morgan fingerprint density at radius 1 is 1.05 bits per heavy atom. The molecule has 1 N–H and O–H groups in total. The Bertz CT molecular complexity index is 620. The number of halogens is 2. The first-order valence-electron chi connectivity index (χ1n) is 7.39. The third-order valence-corrected chi connectivity index (χ3v) is 4.89. The van der Waals surface area contributed by atoms with Gasteiger partial charge in [0, 0.05) is 22.1 Å². The molecule has 2 aromatic rings. The third-order valence-electron chi connectivity index (χ3n) is 4.32. The highest BCUT2D eigenvalue weighted by Gasteiger charge is 2.31. The van der Waals surface area contributed by atoms with Crippen molar-refractivity contribution in [3.63, 3.8) is 0 Å². The molecule has 1 aliphatic carbocycles. The van der Waals surface area contributed by atoms with Gasteiger partial charge in [-0.25, -0.2) is 0 Å². The molecule has 0 saturated heterocycles. The van der Waals surface area contributed by atoms with E-state index < -0.39 is 0 Å². The molecule has 21 heavy (non-hydrogen) atoms. The van der Waals surface area contributed by atoms with E-state index in [2.05, 4.69) is 30.4 Å². The van der Waals surface area contributed by atoms with Crippen LogP contribution in [-0.2, 0) is 0 Å². The molecule has 1 nitrogen and oxygen atoms in total. The molecule has 0 aliphatic heterocycles. The van der Waals surface area contributed by atoms with Gasteiger partial charge in [-0.1, -0.05) is 53.5 Å². The van der Waals surface area contributed by atoms with Crippen molar-refractivity contribution in [1.29, 1.82) is 0 Å². The zero-order valence-corrected chi connectivity index (χ0v) is 13.5. The predicted molar refractivity (Wildman–Crippen MR) is 90.2 cm³/mol. The van der Waals surface area contributed by atoms with E-state index in [4.69, 9.17) is 23.2 Å². The summed E-state index contributed by atoms with van der Waals surface area (Å²) in [6.45, 7) is 2.17. The maximum atomic E-state index is 6.25. The zero-order chi connectivity index (χ0) is 14.8. The second kappa shape index (κ2) is 6.39. The summed E-state index contributed by atoms with van der Waals surface area (Å²) in [6, 6.07) is 17.1. The van der Waals surface area contributed by atoms with Gasteiger partial charge in [-0.3, -0.25) is 0 Å². The van der Waals surface area contributed by atoms with E-state index in [0.717, 1.165) is 22.9 Å². The van der Waals surface area contributed by atoms with Crippen molar-refractivity contribution in [2.45, 2.75) is 37.8 Å². The van der Waals surface area contributed by atoms with E-state index in [1.165, 1.54) is 11.1 Å². The van der Waals surface area contributed by atoms with Crippen LogP contribution >= 0.6 is 23.2 Å². The lowest BCUT2D eigenvalue weighted by Gasteiger charge is -2.38. The second-order valence-electron chi connectivity index (χ2n) is 5.83. The van der Waals surface area contributed by atoms with Crippen LogP contribution in [0.2, 0.25) is 10.0 Å². The third kappa shape index (κ3) is 3.42. The predicted octanol–water partition coefficient (Wildman–Crippen LogP) is 5.59. The summed E-state index contributed by atoms with van der Waals surface area (Å²) in [7, 11) is 0. The molecular formula is C18H19Cl2N. The van der Waals surface area contributed by atoms with Gasteiger partial charge in [0.2, 0.25) is 0 Å². The fourth-order valence-corrected chi connectivity index (χ4v) is 3.55. The van der Waals surface area contributed by atoms with Crippen molar-refractivity contribution >= 4 is 23.2 Å². The number of rotatable bonds is 4. The van der Waals surface area contributed by atoms with E-state index in [1.54, 1.807) is 0 Å². The Morgan fingerprint density at radius 2 is 1.81 bits per heavy atom. The highest BCUT2D eigenvalue weighted by Crippen LogP contribution is 2.39. The molecule has 2 aromatic carbocycles. The van der Waals surface area contributed by atoms with Gasteiger partial charge >= 0.3 is 0 Å². The summed E-state index contributed by atoms with van der Waals surface area (Å²) in [4.78, 5) is 0. The molecule has 0 spiro atoms. The molecule has 0 unspecified atom stereocenters. The van der Waals surface area contributed by atoms with E-state index in [9.17, 15) is 0 Å². The Morgan fingerprint density at radius 3 is 2.52 bits per heavy atom. The van der Waals surface area contributed by atoms with E-state index in [-0.39, 0.29) is 6.04 Å². The van der Waals surface area contributed by atoms with E-state index >= 15 is 0 Å². The standard InChI is InChI=1S/C18H19Cl2N/c1-12(17-7-2-3-8-18(17)20)21-16-10-14(11-16)13-5-4-6-15(19)9-13/h2-9,12,14,16,21H,10-11H2,1H3/t12-,14?,16?/m1/s1. The molecule has 3 heteroatoms. The molecule has 0 amide bonds. The lowest BCUT2D eigenvalue weighted by atomic mass is 9.75. The van der Waals surface area contributed by atoms with Gasteiger partial charge in [-0.15, -0.1) is 0 Å². The lowest BCUT2D eigenvalue weighted by molar-refractivity contribution is 0.271. The first kappa shape index (κ1) is 14.9. The van der Waals surface area contributed by atoms with E-state index in [0.29, 0.717) is 12.0 Å². The molecule has 0 aromatic heterocycles. The Labute approximate surface area is 136 Å². The van der Waals surface area contributed by atoms with Gasteiger partial charge in [0.25, 0.3) is 0 Å². The number of hydrogen-bond acceptors (Lipinski definition) is 1. The van der Waals surface area contributed by atoms with Gasteiger partial charge in [-0.05, 0) is 55.0 Å². The van der Waals surface area contributed by atoms with Crippen LogP contribution in [0.15, 0.2) is 48.5 Å². The molecule has 1 aliphatic rings. The molecule has 1 atom stereocenters. The summed E-state index contributed by atoms with van der Waals surface area (Å²) >= 11 is 12.3. The normalized spacial score (nSPS) is 22.6. The molecule has 3 rings (SSSR count). The van der Waals surface area contributed by atoms with Crippen molar-refractivity contribution in [2.75, 3.05) is 0 Å². The Hall–Kier alpha value is -1.02. The summed E-state index contributed by atoms with van der Waals surface area (Å²) in [5.41, 5.74) is 2.52. The summed E-state index contributed by atoms with van der Waals surface area (Å²) in [5.74, 6) is 0.625. The SMILES string of the molecule is C[C@@H](NC1CC(c2cccc(Cl)c2)C1)c1ccccc1Cl. The van der Waals surface area contributed by atoms with E-state index in [1.807, 2.05) is 30.3 Å². The molecule has 1 saturated carbocycles. The maximum Gasteiger partial charge on any atom is 0.0453 e. The molecule has 1 fully saturated rings. The fraction of sp³-hybridized carbons (Fsp3) is 0.333. The van der Waals surface area contributed by atoms with Crippen LogP contribution in [0.25, 0.3) is 0 Å². The van der Waals surface area contributed by atoms with Gasteiger partial charge in [0.05, 0.1) is 0 Å². The molecule has 0 radical (unpaired) electrons. The van der Waals surface area contributed by atoms with Gasteiger partial charge in [0.1, 0.15) is 0 Å². The summed E-state index contributed by atoms with van der Waals surface area (Å²) in [5, 5.41) is 5.33. The minimum Gasteiger partial charge on any atom is -0.307 e. The monoisotopic (exact) mass is 319 g/mol. The largest absolute Gasteiger partial charge is 0.307 e. The van der Waals surface area contributed by atoms with Gasteiger partial charge < -0.3 is 5.32 Å². The van der Waals surface area contributed by atoms with Crippen molar-refractivity contribution in [3.05, 3.63) is 69.7 Å². The average Bonchev–Trinajstić information content (AvgIpc) is 2.42. The van der Waals surface area contributed by atoms with Crippen LogP contribution in [0.3, 0.4) is 0 Å². The average molecular weight is 320 g/mol. The smallest absolute Gasteiger partial charge is 0.0453 e. The molecule has 110 valence electrons. The van der Waals surface area contributed by atoms with Crippen molar-refractivity contribution < 1.29 is 0 Å². The van der Waals surface area contributed by atoms with Crippen LogP contribution in [0.4, 0.5) is 0 Å². The summed E-state index contributed by atoms with van der Waals surface area (Å²) < 4.78 is 0. The number of nitrogens with one attached hydrogen (secondary N) is 1. The Kier molecular flexibility index (Phi) is 4.54. The first-order valence-corrected chi connectivity index (χ1v) is 8.15. The van der Waals surface area contributed by atoms with Crippen LogP contribution < -0.4 is 5.32 Å². The minimum absolute atomic E-state index is 0.281. The molecule has 0 bridgehead atoms. The highest BCUT2D eigenvalue weighted by atomic mass is 35.5. The lowest BCUT2D eigenvalue weighted by Crippen LogP contribution is -2.41. The quantitative estimate of drug-likeness (QED) is 0.774. The van der Waals surface area contributed by atoms with Gasteiger partial charge in [-0.2, -0.15) is 0 Å². The maximum absolute atomic E-state index is 6.25. The van der Waals surface area contributed by atoms with Crippen molar-refractivity contribution in [1.82, 2.24) is 5.32 Å². The number of hydrogen-bond donors (Lipinski definition) is 1. The van der Waals surface area contributed by atoms with Crippen LogP contribution in [0.1, 0.15) is 42.9 Å². The van der Waals surface area contributed by atoms with Gasteiger partial charge in [0.15, 0.2) is 0 Å². The van der Waals surface area contributed by atoms with Crippen molar-refractivity contribution in [3.8, 4) is 0 Å². The van der Waals surface area contributed by atoms with Crippen LogP contribution in [-0.4, -0.2) is 6.04 Å². The van der Waals surface area contributed by atoms with Crippen molar-refractivity contribution in [2.24, 2.45) is 0 Å². The fourth-order valence-electron chi connectivity index (χ4n) is 3.06. The molecule has 0 heterocycles. The minimum atomic E-state index is 0.281. The highest BCUT2D eigenvalue weighted by molar-refractivity contribution is 6.31. The van der Waals surface area contributed by atoms with Crippen LogP contribution in [0, 0.1) is 0 Å². The second-order valence-corrected chi connectivity index (χ2v) is 6.67.